The molecule has 6 nitrogen and oxygen atoms in total. The van der Waals surface area contributed by atoms with E-state index in [9.17, 15) is 4.79 Å². The molecule has 1 aromatic carbocycles. The Hall–Kier alpha value is -1.99. The third kappa shape index (κ3) is 2.78. The maximum atomic E-state index is 11.7. The molecule has 3 rings (SSSR count). The van der Waals surface area contributed by atoms with Gasteiger partial charge in [0.2, 0.25) is 10.9 Å². The fraction of sp³-hybridized carbons (Fsp3) is 0.167. The SMILES string of the molecule is O=C(NNc1nc2ccc(Cl)cc2s1)C1=COCCO1. The molecule has 1 amide bonds. The van der Waals surface area contributed by atoms with E-state index in [4.69, 9.17) is 21.1 Å². The van der Waals surface area contributed by atoms with Crippen molar-refractivity contribution >= 4 is 44.2 Å². The molecule has 1 aliphatic heterocycles. The van der Waals surface area contributed by atoms with Crippen LogP contribution in [-0.2, 0) is 14.3 Å². The number of aromatic nitrogens is 1. The van der Waals surface area contributed by atoms with Crippen molar-refractivity contribution in [2.75, 3.05) is 18.6 Å². The lowest BCUT2D eigenvalue weighted by Crippen LogP contribution is -2.32. The highest BCUT2D eigenvalue weighted by Gasteiger charge is 2.15. The molecule has 0 aliphatic carbocycles. The number of nitrogens with zero attached hydrogens (tertiary/aromatic N) is 1. The van der Waals surface area contributed by atoms with E-state index in [2.05, 4.69) is 15.8 Å². The largest absolute Gasteiger partial charge is 0.494 e. The topological polar surface area (TPSA) is 72.5 Å². The van der Waals surface area contributed by atoms with Crippen LogP contribution in [0.4, 0.5) is 5.13 Å². The molecule has 2 heterocycles. The van der Waals surface area contributed by atoms with Crippen LogP contribution in [0, 0.1) is 0 Å². The number of thiazole rings is 1. The van der Waals surface area contributed by atoms with E-state index >= 15 is 0 Å². The molecule has 0 spiro atoms. The Morgan fingerprint density at radius 2 is 2.30 bits per heavy atom. The number of rotatable bonds is 3. The van der Waals surface area contributed by atoms with Gasteiger partial charge in [-0.1, -0.05) is 22.9 Å². The zero-order valence-corrected chi connectivity index (χ0v) is 11.8. The van der Waals surface area contributed by atoms with Gasteiger partial charge in [-0.15, -0.1) is 0 Å². The molecular weight excluding hydrogens is 302 g/mol. The second-order valence-corrected chi connectivity index (χ2v) is 5.38. The fourth-order valence-corrected chi connectivity index (χ4v) is 2.71. The average molecular weight is 312 g/mol. The number of carbonyl (C=O) groups excluding carboxylic acids is 1. The van der Waals surface area contributed by atoms with Crippen molar-refractivity contribution in [3.05, 3.63) is 35.2 Å². The predicted molar refractivity (Wildman–Crippen MR) is 76.4 cm³/mol. The number of ether oxygens (including phenoxy) is 2. The summed E-state index contributed by atoms with van der Waals surface area (Å²) in [6, 6.07) is 5.41. The van der Waals surface area contributed by atoms with Crippen molar-refractivity contribution in [1.82, 2.24) is 10.4 Å². The summed E-state index contributed by atoms with van der Waals surface area (Å²) in [7, 11) is 0. The molecule has 0 atom stereocenters. The molecule has 2 aromatic rings. The van der Waals surface area contributed by atoms with E-state index in [1.165, 1.54) is 17.6 Å². The number of anilines is 1. The molecule has 104 valence electrons. The van der Waals surface area contributed by atoms with Crippen molar-refractivity contribution in [2.45, 2.75) is 0 Å². The van der Waals surface area contributed by atoms with Gasteiger partial charge in [0, 0.05) is 5.02 Å². The number of hydrogen-bond donors (Lipinski definition) is 2. The monoisotopic (exact) mass is 311 g/mol. The second kappa shape index (κ2) is 5.56. The van der Waals surface area contributed by atoms with Crippen molar-refractivity contribution in [2.24, 2.45) is 0 Å². The van der Waals surface area contributed by atoms with Gasteiger partial charge in [0.25, 0.3) is 0 Å². The van der Waals surface area contributed by atoms with Crippen LogP contribution < -0.4 is 10.9 Å². The van der Waals surface area contributed by atoms with Crippen molar-refractivity contribution in [1.29, 1.82) is 0 Å². The van der Waals surface area contributed by atoms with E-state index in [1.54, 1.807) is 6.07 Å². The van der Waals surface area contributed by atoms with Gasteiger partial charge in [0.05, 0.1) is 10.2 Å². The van der Waals surface area contributed by atoms with Crippen LogP contribution >= 0.6 is 22.9 Å². The number of hydrazine groups is 1. The van der Waals surface area contributed by atoms with Gasteiger partial charge in [-0.2, -0.15) is 0 Å². The van der Waals surface area contributed by atoms with Gasteiger partial charge >= 0.3 is 5.91 Å². The first-order chi connectivity index (χ1) is 9.72. The predicted octanol–water partition coefficient (Wildman–Crippen LogP) is 2.28. The minimum absolute atomic E-state index is 0.132. The third-order valence-corrected chi connectivity index (χ3v) is 3.68. The Labute approximate surface area is 123 Å². The summed E-state index contributed by atoms with van der Waals surface area (Å²) >= 11 is 7.30. The summed E-state index contributed by atoms with van der Waals surface area (Å²) in [4.78, 5) is 16.1. The number of fused-ring (bicyclic) bond motifs is 1. The van der Waals surface area contributed by atoms with Gasteiger partial charge in [-0.05, 0) is 18.2 Å². The molecule has 0 saturated carbocycles. The summed E-state index contributed by atoms with van der Waals surface area (Å²) < 4.78 is 11.1. The van der Waals surface area contributed by atoms with Crippen LogP contribution in [-0.4, -0.2) is 24.1 Å². The number of carbonyl (C=O) groups is 1. The maximum Gasteiger partial charge on any atom is 0.307 e. The molecule has 0 fully saturated rings. The standard InChI is InChI=1S/C12H10ClN3O3S/c13-7-1-2-8-10(5-7)20-12(14-8)16-15-11(17)9-6-18-3-4-19-9/h1-2,5-6H,3-4H2,(H,14,16)(H,15,17). The number of nitrogens with one attached hydrogen (secondary N) is 2. The Morgan fingerprint density at radius 3 is 3.10 bits per heavy atom. The van der Waals surface area contributed by atoms with Crippen LogP contribution in [0.25, 0.3) is 10.2 Å². The summed E-state index contributed by atoms with van der Waals surface area (Å²) in [5, 5.41) is 1.21. The molecule has 20 heavy (non-hydrogen) atoms. The molecule has 0 radical (unpaired) electrons. The highest BCUT2D eigenvalue weighted by Crippen LogP contribution is 2.27. The Balaban J connectivity index is 1.67. The van der Waals surface area contributed by atoms with Gasteiger partial charge in [-0.3, -0.25) is 15.6 Å². The molecule has 0 bridgehead atoms. The van der Waals surface area contributed by atoms with E-state index in [0.29, 0.717) is 23.4 Å². The van der Waals surface area contributed by atoms with Crippen molar-refractivity contribution in [3.8, 4) is 0 Å². The zero-order valence-electron chi connectivity index (χ0n) is 10.2. The first-order valence-corrected chi connectivity index (χ1v) is 6.99. The van der Waals surface area contributed by atoms with E-state index < -0.39 is 5.91 Å². The highest BCUT2D eigenvalue weighted by molar-refractivity contribution is 7.22. The number of benzene rings is 1. The maximum absolute atomic E-state index is 11.7. The van der Waals surface area contributed by atoms with E-state index in [0.717, 1.165) is 10.2 Å². The lowest BCUT2D eigenvalue weighted by atomic mass is 10.3. The lowest BCUT2D eigenvalue weighted by Gasteiger charge is -2.14. The highest BCUT2D eigenvalue weighted by atomic mass is 35.5. The fourth-order valence-electron chi connectivity index (χ4n) is 1.61. The Bertz CT molecular complexity index is 686. The average Bonchev–Trinajstić information content (AvgIpc) is 2.87. The number of amides is 1. The second-order valence-electron chi connectivity index (χ2n) is 3.91. The number of halogens is 1. The third-order valence-electron chi connectivity index (χ3n) is 2.51. The van der Waals surface area contributed by atoms with Gasteiger partial charge in [0.15, 0.2) is 0 Å². The molecule has 0 unspecified atom stereocenters. The van der Waals surface area contributed by atoms with Gasteiger partial charge < -0.3 is 9.47 Å². The van der Waals surface area contributed by atoms with E-state index in [1.807, 2.05) is 12.1 Å². The van der Waals surface area contributed by atoms with Crippen LogP contribution in [0.5, 0.6) is 0 Å². The summed E-state index contributed by atoms with van der Waals surface area (Å²) in [5.74, 6) is -0.283. The number of hydrogen-bond acceptors (Lipinski definition) is 6. The van der Waals surface area contributed by atoms with Crippen LogP contribution in [0.1, 0.15) is 0 Å². The molecular formula is C12H10ClN3O3S. The van der Waals surface area contributed by atoms with E-state index in [-0.39, 0.29) is 5.76 Å². The molecule has 1 aromatic heterocycles. The molecule has 0 saturated heterocycles. The van der Waals surface area contributed by atoms with Crippen molar-refractivity contribution < 1.29 is 14.3 Å². The lowest BCUT2D eigenvalue weighted by molar-refractivity contribution is -0.121. The minimum atomic E-state index is -0.415. The normalized spacial score (nSPS) is 14.2. The molecule has 8 heteroatoms. The Kier molecular flexibility index (Phi) is 3.62. The van der Waals surface area contributed by atoms with Gasteiger partial charge in [-0.25, -0.2) is 4.98 Å². The summed E-state index contributed by atoms with van der Waals surface area (Å²) in [6.45, 7) is 0.807. The first kappa shape index (κ1) is 13.0. The summed E-state index contributed by atoms with van der Waals surface area (Å²) in [5.41, 5.74) is 6.05. The van der Waals surface area contributed by atoms with Crippen LogP contribution in [0.2, 0.25) is 5.02 Å². The first-order valence-electron chi connectivity index (χ1n) is 5.79. The molecule has 2 N–H and O–H groups in total. The zero-order chi connectivity index (χ0) is 13.9. The summed E-state index contributed by atoms with van der Waals surface area (Å²) in [6.07, 6.45) is 1.29. The van der Waals surface area contributed by atoms with Crippen molar-refractivity contribution in [3.63, 3.8) is 0 Å². The molecule has 1 aliphatic rings. The smallest absolute Gasteiger partial charge is 0.307 e. The minimum Gasteiger partial charge on any atom is -0.494 e. The van der Waals surface area contributed by atoms with Gasteiger partial charge in [0.1, 0.15) is 19.5 Å². The van der Waals surface area contributed by atoms with Crippen LogP contribution in [0.3, 0.4) is 0 Å². The van der Waals surface area contributed by atoms with Crippen LogP contribution in [0.15, 0.2) is 30.2 Å². The quantitative estimate of drug-likeness (QED) is 0.851. The Morgan fingerprint density at radius 1 is 1.40 bits per heavy atom.